The first-order chi connectivity index (χ1) is 7.25. The molecule has 10 heteroatoms. The van der Waals surface area contributed by atoms with Crippen LogP contribution in [0.4, 0.5) is 0 Å². The molecule has 0 spiro atoms. The van der Waals surface area contributed by atoms with Crippen molar-refractivity contribution in [3.63, 3.8) is 0 Å². The second-order valence-electron chi connectivity index (χ2n) is 1.94. The molecule has 0 bridgehead atoms. The van der Waals surface area contributed by atoms with Gasteiger partial charge in [0, 0.05) is 10.2 Å². The average Bonchev–Trinajstić information content (AvgIpc) is 2.12. The minimum Gasteiger partial charge on any atom is -0.737 e. The summed E-state index contributed by atoms with van der Waals surface area (Å²) in [6.07, 6.45) is 2.69. The predicted molar refractivity (Wildman–Crippen MR) is 53.0 cm³/mol. The van der Waals surface area contributed by atoms with Crippen LogP contribution in [0.3, 0.4) is 0 Å². The first-order valence-electron chi connectivity index (χ1n) is 3.45. The van der Waals surface area contributed by atoms with Crippen molar-refractivity contribution in [1.29, 1.82) is 0 Å². The van der Waals surface area contributed by atoms with Gasteiger partial charge < -0.3 is 54.6 Å². The Hall–Kier alpha value is -0.0597. The molecule has 6 nitrogen and oxygen atoms in total. The van der Waals surface area contributed by atoms with Gasteiger partial charge in [0.15, 0.2) is 0 Å². The summed E-state index contributed by atoms with van der Waals surface area (Å²) in [5.74, 6) is -2.83. The van der Waals surface area contributed by atoms with Gasteiger partial charge in [0.25, 0.3) is 0 Å². The molecule has 0 aromatic heterocycles. The van der Waals surface area contributed by atoms with E-state index in [1.807, 2.05) is 0 Å². The van der Waals surface area contributed by atoms with E-state index in [-0.39, 0.29) is 51.9 Å². The van der Waals surface area contributed by atoms with Gasteiger partial charge >= 0.3 is 51.9 Å². The van der Waals surface area contributed by atoms with Crippen molar-refractivity contribution in [3.05, 3.63) is 24.3 Å². The molecule has 0 heterocycles. The van der Waals surface area contributed by atoms with E-state index in [0.717, 1.165) is 12.2 Å². The van der Waals surface area contributed by atoms with Gasteiger partial charge in [-0.2, -0.15) is 0 Å². The number of carboxylic acid groups (broad SMARTS) is 2. The maximum absolute atomic E-state index is 9.79. The molecule has 0 aliphatic rings. The van der Waals surface area contributed by atoms with Crippen molar-refractivity contribution in [3.8, 4) is 0 Å². The van der Waals surface area contributed by atoms with Crippen LogP contribution in [0.1, 0.15) is 0 Å². The minimum atomic E-state index is -1.41. The summed E-state index contributed by atoms with van der Waals surface area (Å²) in [6, 6.07) is 0. The SMILES string of the molecule is O=C([O-])C=CC(=O)[S-].O=C([O-])C=CC(=O)[S-].[Au+3].[Na+]. The fraction of sp³-hybridized carbons (Fsp3) is 0. The van der Waals surface area contributed by atoms with Gasteiger partial charge in [-0.05, 0) is 24.3 Å². The fourth-order valence-electron chi connectivity index (χ4n) is 0.272. The Morgan fingerprint density at radius 2 is 0.944 bits per heavy atom. The topological polar surface area (TPSA) is 114 Å². The molecule has 0 amide bonds. The van der Waals surface area contributed by atoms with Crippen LogP contribution in [0.5, 0.6) is 0 Å². The van der Waals surface area contributed by atoms with Crippen LogP contribution < -0.4 is 39.8 Å². The Morgan fingerprint density at radius 3 is 1.00 bits per heavy atom. The average molecular weight is 480 g/mol. The molecule has 0 saturated heterocycles. The van der Waals surface area contributed by atoms with Crippen LogP contribution >= 0.6 is 0 Å². The monoisotopic (exact) mass is 480 g/mol. The van der Waals surface area contributed by atoms with Crippen molar-refractivity contribution < 1.29 is 81.3 Å². The molecule has 0 atom stereocenters. The molecule has 96 valence electrons. The zero-order valence-electron chi connectivity index (χ0n) is 8.88. The summed E-state index contributed by atoms with van der Waals surface area (Å²) in [7, 11) is 0. The number of hydrogen-bond donors (Lipinski definition) is 0. The van der Waals surface area contributed by atoms with Crippen molar-refractivity contribution >= 4 is 47.4 Å². The van der Waals surface area contributed by atoms with Crippen molar-refractivity contribution in [2.24, 2.45) is 0 Å². The Morgan fingerprint density at radius 1 is 0.722 bits per heavy atom. The van der Waals surface area contributed by atoms with Crippen LogP contribution in [0.25, 0.3) is 0 Å². The quantitative estimate of drug-likeness (QED) is 0.222. The third-order valence-corrected chi connectivity index (χ3v) is 0.983. The maximum Gasteiger partial charge on any atom is 3.00 e. The largest absolute Gasteiger partial charge is 3.00 e. The normalized spacial score (nSPS) is 8.44. The molecule has 0 aliphatic carbocycles. The number of aliphatic carboxylic acids is 2. The zero-order chi connectivity index (χ0) is 13.1. The minimum absolute atomic E-state index is 0. The molecule has 0 N–H and O–H groups in total. The van der Waals surface area contributed by atoms with E-state index in [9.17, 15) is 29.4 Å². The van der Waals surface area contributed by atoms with E-state index in [2.05, 4.69) is 25.3 Å². The zero-order valence-corrected chi connectivity index (χ0v) is 14.7. The van der Waals surface area contributed by atoms with Crippen molar-refractivity contribution in [2.75, 3.05) is 0 Å². The molecule has 0 fully saturated rings. The second kappa shape index (κ2) is 16.9. The third-order valence-electron chi connectivity index (χ3n) is 0.711. The van der Waals surface area contributed by atoms with Crippen LogP contribution in [0, 0.1) is 0 Å². The van der Waals surface area contributed by atoms with Crippen LogP contribution in [-0.2, 0) is 66.8 Å². The Kier molecular flexibility index (Phi) is 24.9. The Balaban J connectivity index is -0.0000000980. The molecule has 0 aromatic carbocycles. The van der Waals surface area contributed by atoms with Crippen LogP contribution in [-0.4, -0.2) is 22.2 Å². The van der Waals surface area contributed by atoms with E-state index in [1.165, 1.54) is 0 Å². The second-order valence-corrected chi connectivity index (χ2v) is 2.75. The third kappa shape index (κ3) is 36.0. The summed E-state index contributed by atoms with van der Waals surface area (Å²) in [6.45, 7) is 0. The summed E-state index contributed by atoms with van der Waals surface area (Å²) in [5, 5.41) is 17.6. The molecule has 0 rings (SSSR count). The molecule has 0 aliphatic heterocycles. The van der Waals surface area contributed by atoms with Gasteiger partial charge in [-0.1, -0.05) is 0 Å². The molecule has 0 saturated carbocycles. The Labute approximate surface area is 152 Å². The maximum atomic E-state index is 9.79. The van der Waals surface area contributed by atoms with Crippen LogP contribution in [0.15, 0.2) is 24.3 Å². The summed E-state index contributed by atoms with van der Waals surface area (Å²) in [4.78, 5) is 38.6. The molecule has 0 radical (unpaired) electrons. The number of hydrogen-bond acceptors (Lipinski definition) is 8. The van der Waals surface area contributed by atoms with Gasteiger partial charge in [0.1, 0.15) is 0 Å². The first kappa shape index (κ1) is 26.5. The fourth-order valence-corrected chi connectivity index (χ4v) is 0.408. The van der Waals surface area contributed by atoms with Gasteiger partial charge in [-0.25, -0.2) is 0 Å². The van der Waals surface area contributed by atoms with Gasteiger partial charge in [0.2, 0.25) is 0 Å². The molecule has 18 heavy (non-hydrogen) atoms. The van der Waals surface area contributed by atoms with E-state index in [0.29, 0.717) is 12.2 Å². The van der Waals surface area contributed by atoms with E-state index < -0.39 is 22.2 Å². The molecular weight excluding hydrogens is 476 g/mol. The molecule has 0 aromatic rings. The molecular formula is C8H4AuNaO6S2. The van der Waals surface area contributed by atoms with Crippen LogP contribution in [0.2, 0.25) is 0 Å². The number of rotatable bonds is 4. The van der Waals surface area contributed by atoms with Gasteiger partial charge in [0.05, 0.1) is 11.9 Å². The number of carbonyl (C=O) groups is 4. The van der Waals surface area contributed by atoms with Gasteiger partial charge in [-0.3, -0.25) is 0 Å². The first-order valence-corrected chi connectivity index (χ1v) is 4.27. The Bertz CT molecular complexity index is 289. The molecule has 0 unspecified atom stereocenters. The number of carbonyl (C=O) groups excluding carboxylic acids is 4. The van der Waals surface area contributed by atoms with Crippen molar-refractivity contribution in [1.82, 2.24) is 0 Å². The van der Waals surface area contributed by atoms with E-state index >= 15 is 0 Å². The van der Waals surface area contributed by atoms with E-state index in [4.69, 9.17) is 0 Å². The van der Waals surface area contributed by atoms with Gasteiger partial charge in [-0.15, -0.1) is 0 Å². The van der Waals surface area contributed by atoms with E-state index in [1.54, 1.807) is 0 Å². The number of carboxylic acids is 2. The standard InChI is InChI=1S/2C4H4O3S.Au.Na/c2*5-3(6)1-2-4(7)8;;/h2*1-2H,(H,5,6)(H,7,8);;/q;;+3;+1/p-4. The smallest absolute Gasteiger partial charge is 0.737 e. The summed E-state index contributed by atoms with van der Waals surface area (Å²) >= 11 is 7.96. The van der Waals surface area contributed by atoms with Crippen molar-refractivity contribution in [2.45, 2.75) is 0 Å². The summed E-state index contributed by atoms with van der Waals surface area (Å²) in [5.41, 5.74) is 0. The summed E-state index contributed by atoms with van der Waals surface area (Å²) < 4.78 is 0. The predicted octanol–water partition coefficient (Wildman–Crippen LogP) is -6.27.